The maximum absolute atomic E-state index is 12.4. The van der Waals surface area contributed by atoms with Crippen molar-refractivity contribution in [2.24, 2.45) is 0 Å². The molecule has 1 saturated heterocycles. The largest absolute Gasteiger partial charge is 0.374 e. The number of aromatic nitrogens is 3. The molecule has 24 heavy (non-hydrogen) atoms. The van der Waals surface area contributed by atoms with Crippen LogP contribution in [0.25, 0.3) is 0 Å². The van der Waals surface area contributed by atoms with Gasteiger partial charge in [0, 0.05) is 37.5 Å². The van der Waals surface area contributed by atoms with Gasteiger partial charge >= 0.3 is 0 Å². The molecule has 2 aromatic rings. The van der Waals surface area contributed by atoms with Crippen molar-refractivity contribution in [1.29, 1.82) is 0 Å². The Morgan fingerprint density at radius 2 is 2.25 bits per heavy atom. The van der Waals surface area contributed by atoms with Crippen molar-refractivity contribution in [3.05, 3.63) is 47.5 Å². The highest BCUT2D eigenvalue weighted by Crippen LogP contribution is 2.19. The van der Waals surface area contributed by atoms with E-state index < -0.39 is 0 Å². The van der Waals surface area contributed by atoms with E-state index in [1.165, 1.54) is 6.33 Å². The van der Waals surface area contributed by atoms with Crippen LogP contribution < -0.4 is 0 Å². The van der Waals surface area contributed by atoms with Crippen molar-refractivity contribution in [1.82, 2.24) is 19.7 Å². The summed E-state index contributed by atoms with van der Waals surface area (Å²) in [5.74, 6) is 0.169. The van der Waals surface area contributed by atoms with Gasteiger partial charge in [0.2, 0.25) is 5.91 Å². The lowest BCUT2D eigenvalue weighted by Gasteiger charge is -2.33. The third-order valence-electron chi connectivity index (χ3n) is 4.14. The van der Waals surface area contributed by atoms with Gasteiger partial charge in [-0.1, -0.05) is 29.8 Å². The van der Waals surface area contributed by atoms with Crippen LogP contribution in [0.3, 0.4) is 0 Å². The van der Waals surface area contributed by atoms with E-state index in [0.29, 0.717) is 32.7 Å². The van der Waals surface area contributed by atoms with Crippen LogP contribution in [0.15, 0.2) is 36.9 Å². The van der Waals surface area contributed by atoms with E-state index in [9.17, 15) is 4.79 Å². The van der Waals surface area contributed by atoms with E-state index in [4.69, 9.17) is 16.3 Å². The van der Waals surface area contributed by atoms with Crippen LogP contribution in [0.2, 0.25) is 5.02 Å². The fourth-order valence-corrected chi connectivity index (χ4v) is 3.09. The first-order chi connectivity index (χ1) is 11.7. The topological polar surface area (TPSA) is 60.2 Å². The average Bonchev–Trinajstić information content (AvgIpc) is 3.10. The summed E-state index contributed by atoms with van der Waals surface area (Å²) in [6, 6.07) is 7.77. The first kappa shape index (κ1) is 16.9. The maximum Gasteiger partial charge on any atom is 0.222 e. The molecule has 1 amide bonds. The number of nitrogens with zero attached hydrogens (tertiary/aromatic N) is 4. The van der Waals surface area contributed by atoms with E-state index >= 15 is 0 Å². The number of aryl methyl sites for hydroxylation is 1. The summed E-state index contributed by atoms with van der Waals surface area (Å²) in [4.78, 5) is 18.2. The second-order valence-corrected chi connectivity index (χ2v) is 6.30. The zero-order valence-electron chi connectivity index (χ0n) is 13.5. The molecule has 0 bridgehead atoms. The first-order valence-electron chi connectivity index (χ1n) is 8.17. The third kappa shape index (κ3) is 4.55. The van der Waals surface area contributed by atoms with Crippen molar-refractivity contribution in [2.75, 3.05) is 19.7 Å². The molecule has 1 atom stereocenters. The molecule has 1 fully saturated rings. The molecule has 3 rings (SSSR count). The molecule has 1 aromatic carbocycles. The van der Waals surface area contributed by atoms with Gasteiger partial charge in [-0.2, -0.15) is 5.10 Å². The number of carbonyl (C=O) groups is 1. The van der Waals surface area contributed by atoms with Gasteiger partial charge < -0.3 is 9.64 Å². The van der Waals surface area contributed by atoms with Crippen LogP contribution >= 0.6 is 11.6 Å². The number of amides is 1. The molecule has 128 valence electrons. The molecule has 1 aromatic heterocycles. The Balaban J connectivity index is 1.47. The summed E-state index contributed by atoms with van der Waals surface area (Å²) in [7, 11) is 0. The molecule has 0 spiro atoms. The zero-order chi connectivity index (χ0) is 16.8. The predicted octanol–water partition coefficient (Wildman–Crippen LogP) is 2.18. The van der Waals surface area contributed by atoms with E-state index in [-0.39, 0.29) is 12.0 Å². The summed E-state index contributed by atoms with van der Waals surface area (Å²) in [5, 5.41) is 4.79. The number of hydrogen-bond donors (Lipinski definition) is 0. The van der Waals surface area contributed by atoms with Gasteiger partial charge in [0.1, 0.15) is 12.7 Å². The lowest BCUT2D eigenvalue weighted by molar-refractivity contribution is -0.138. The minimum Gasteiger partial charge on any atom is -0.374 e. The highest BCUT2D eigenvalue weighted by Gasteiger charge is 2.24. The fraction of sp³-hybridized carbons (Fsp3) is 0.471. The van der Waals surface area contributed by atoms with Crippen LogP contribution in [0.1, 0.15) is 18.4 Å². The third-order valence-corrected chi connectivity index (χ3v) is 4.51. The van der Waals surface area contributed by atoms with Crippen molar-refractivity contribution < 1.29 is 9.53 Å². The van der Waals surface area contributed by atoms with Crippen LogP contribution in [0, 0.1) is 0 Å². The molecule has 1 aliphatic rings. The summed E-state index contributed by atoms with van der Waals surface area (Å²) in [5.41, 5.74) is 1.06. The molecule has 0 saturated carbocycles. The molecule has 1 unspecified atom stereocenters. The lowest BCUT2D eigenvalue weighted by atomic mass is 10.1. The number of carbonyl (C=O) groups excluding carboxylic acids is 1. The van der Waals surface area contributed by atoms with Crippen molar-refractivity contribution in [2.45, 2.75) is 31.9 Å². The smallest absolute Gasteiger partial charge is 0.222 e. The highest BCUT2D eigenvalue weighted by atomic mass is 35.5. The van der Waals surface area contributed by atoms with Gasteiger partial charge in [-0.25, -0.2) is 4.98 Å². The monoisotopic (exact) mass is 348 g/mol. The number of hydrogen-bond acceptors (Lipinski definition) is 4. The minimum absolute atomic E-state index is 0.00193. The summed E-state index contributed by atoms with van der Waals surface area (Å²) in [6.45, 7) is 2.55. The Morgan fingerprint density at radius 3 is 3.04 bits per heavy atom. The zero-order valence-corrected chi connectivity index (χ0v) is 14.2. The lowest BCUT2D eigenvalue weighted by Crippen LogP contribution is -2.46. The Kier molecular flexibility index (Phi) is 5.82. The SMILES string of the molecule is O=C(CCCn1cncn1)N1CCOC(Cc2ccccc2Cl)C1. The van der Waals surface area contributed by atoms with Crippen LogP contribution in [0.5, 0.6) is 0 Å². The molecule has 7 heteroatoms. The van der Waals surface area contributed by atoms with Gasteiger partial charge in [-0.3, -0.25) is 9.48 Å². The van der Waals surface area contributed by atoms with Crippen LogP contribution in [-0.2, 0) is 22.5 Å². The molecule has 6 nitrogen and oxygen atoms in total. The van der Waals surface area contributed by atoms with Crippen LogP contribution in [0.4, 0.5) is 0 Å². The Hall–Kier alpha value is -1.92. The number of morpholine rings is 1. The summed E-state index contributed by atoms with van der Waals surface area (Å²) in [6.07, 6.45) is 5.16. The normalized spacial score (nSPS) is 17.9. The number of rotatable bonds is 6. The fourth-order valence-electron chi connectivity index (χ4n) is 2.88. The maximum atomic E-state index is 12.4. The molecular formula is C17H21ClN4O2. The van der Waals surface area contributed by atoms with Gasteiger partial charge in [-0.05, 0) is 18.1 Å². The minimum atomic E-state index is -0.00193. The highest BCUT2D eigenvalue weighted by molar-refractivity contribution is 6.31. The van der Waals surface area contributed by atoms with E-state index in [1.54, 1.807) is 11.0 Å². The standard InChI is InChI=1S/C17H21ClN4O2/c18-16-5-2-1-4-14(16)10-15-11-21(8-9-24-15)17(23)6-3-7-22-13-19-12-20-22/h1-2,4-5,12-13,15H,3,6-11H2. The van der Waals surface area contributed by atoms with E-state index in [0.717, 1.165) is 23.4 Å². The van der Waals surface area contributed by atoms with E-state index in [1.807, 2.05) is 29.2 Å². The molecular weight excluding hydrogens is 328 g/mol. The van der Waals surface area contributed by atoms with Crippen molar-refractivity contribution >= 4 is 17.5 Å². The van der Waals surface area contributed by atoms with Crippen molar-refractivity contribution in [3.8, 4) is 0 Å². The Bertz CT molecular complexity index is 662. The Labute approximate surface area is 146 Å². The molecule has 1 aliphatic heterocycles. The molecule has 0 radical (unpaired) electrons. The summed E-state index contributed by atoms with van der Waals surface area (Å²) < 4.78 is 7.55. The number of ether oxygens (including phenoxy) is 1. The van der Waals surface area contributed by atoms with Crippen LogP contribution in [-0.4, -0.2) is 51.4 Å². The molecule has 0 aliphatic carbocycles. The van der Waals surface area contributed by atoms with Gasteiger partial charge in [-0.15, -0.1) is 0 Å². The Morgan fingerprint density at radius 1 is 1.38 bits per heavy atom. The first-order valence-corrected chi connectivity index (χ1v) is 8.55. The second-order valence-electron chi connectivity index (χ2n) is 5.89. The van der Waals surface area contributed by atoms with Crippen molar-refractivity contribution in [3.63, 3.8) is 0 Å². The summed E-state index contributed by atoms with van der Waals surface area (Å²) >= 11 is 6.21. The van der Waals surface area contributed by atoms with Gasteiger partial charge in [0.15, 0.2) is 0 Å². The predicted molar refractivity (Wildman–Crippen MR) is 90.7 cm³/mol. The molecule has 2 heterocycles. The van der Waals surface area contributed by atoms with Gasteiger partial charge in [0.05, 0.1) is 12.7 Å². The quantitative estimate of drug-likeness (QED) is 0.802. The second kappa shape index (κ2) is 8.26. The average molecular weight is 349 g/mol. The van der Waals surface area contributed by atoms with Gasteiger partial charge in [0.25, 0.3) is 0 Å². The number of benzene rings is 1. The van der Waals surface area contributed by atoms with E-state index in [2.05, 4.69) is 10.1 Å². The number of halogens is 1. The molecule has 0 N–H and O–H groups in total.